The molecule has 0 atom stereocenters. The maximum atomic E-state index is 13.2. The summed E-state index contributed by atoms with van der Waals surface area (Å²) < 4.78 is 13.2. The van der Waals surface area contributed by atoms with E-state index in [1.54, 1.807) is 0 Å². The summed E-state index contributed by atoms with van der Waals surface area (Å²) >= 11 is 1.24. The third kappa shape index (κ3) is 3.29. The standard InChI is InChI=1S/C12H9FN2O4S/c13-8-2-9(4-10(3-8)15(18)19)14-5-11-1-7(6-20-11)12(16)17/h1-4,6,14H,5H2,(H,16,17). The topological polar surface area (TPSA) is 92.5 Å². The number of aromatic carboxylic acids is 1. The fraction of sp³-hybridized carbons (Fsp3) is 0.0833. The molecule has 2 aromatic rings. The molecule has 0 radical (unpaired) electrons. The predicted octanol–water partition coefficient (Wildman–Crippen LogP) is 3.11. The van der Waals surface area contributed by atoms with Crippen LogP contribution in [0.3, 0.4) is 0 Å². The van der Waals surface area contributed by atoms with E-state index in [1.165, 1.54) is 28.8 Å². The highest BCUT2D eigenvalue weighted by Gasteiger charge is 2.10. The van der Waals surface area contributed by atoms with E-state index < -0.39 is 16.7 Å². The van der Waals surface area contributed by atoms with E-state index in [-0.39, 0.29) is 23.5 Å². The minimum Gasteiger partial charge on any atom is -0.478 e. The second kappa shape index (κ2) is 5.66. The van der Waals surface area contributed by atoms with Crippen molar-refractivity contribution < 1.29 is 19.2 Å². The first kappa shape index (κ1) is 13.9. The van der Waals surface area contributed by atoms with Crippen molar-refractivity contribution in [1.29, 1.82) is 0 Å². The second-order valence-electron chi connectivity index (χ2n) is 3.92. The highest BCUT2D eigenvalue weighted by atomic mass is 32.1. The number of thiophene rings is 1. The van der Waals surface area contributed by atoms with Gasteiger partial charge in [-0.25, -0.2) is 9.18 Å². The number of nitrogens with zero attached hydrogens (tertiary/aromatic N) is 1. The van der Waals surface area contributed by atoms with Crippen LogP contribution in [0.4, 0.5) is 15.8 Å². The summed E-state index contributed by atoms with van der Waals surface area (Å²) in [6, 6.07) is 4.68. The molecule has 2 rings (SSSR count). The lowest BCUT2D eigenvalue weighted by molar-refractivity contribution is -0.385. The Hall–Kier alpha value is -2.48. The number of nitro benzene ring substituents is 1. The molecule has 0 spiro atoms. The third-order valence-electron chi connectivity index (χ3n) is 2.46. The van der Waals surface area contributed by atoms with Gasteiger partial charge in [0, 0.05) is 28.6 Å². The van der Waals surface area contributed by atoms with Crippen LogP contribution in [0, 0.1) is 15.9 Å². The molecule has 2 N–H and O–H groups in total. The highest BCUT2D eigenvalue weighted by Crippen LogP contribution is 2.22. The van der Waals surface area contributed by atoms with Crippen molar-refractivity contribution in [3.05, 3.63) is 56.0 Å². The van der Waals surface area contributed by atoms with E-state index in [0.717, 1.165) is 17.0 Å². The fourth-order valence-corrected chi connectivity index (χ4v) is 2.35. The Balaban J connectivity index is 2.10. The Morgan fingerprint density at radius 2 is 2.15 bits per heavy atom. The summed E-state index contributed by atoms with van der Waals surface area (Å²) in [7, 11) is 0. The monoisotopic (exact) mass is 296 g/mol. The Labute approximate surface area is 116 Å². The van der Waals surface area contributed by atoms with Crippen molar-refractivity contribution in [2.45, 2.75) is 6.54 Å². The first-order valence-corrected chi connectivity index (χ1v) is 6.33. The molecule has 0 amide bonds. The van der Waals surface area contributed by atoms with Crippen molar-refractivity contribution in [1.82, 2.24) is 0 Å². The Bertz CT molecular complexity index is 671. The summed E-state index contributed by atoms with van der Waals surface area (Å²) in [6.07, 6.45) is 0. The van der Waals surface area contributed by atoms with Gasteiger partial charge < -0.3 is 10.4 Å². The van der Waals surface area contributed by atoms with Crippen molar-refractivity contribution in [2.75, 3.05) is 5.32 Å². The smallest absolute Gasteiger partial charge is 0.336 e. The molecule has 0 aliphatic carbocycles. The van der Waals surface area contributed by atoms with E-state index >= 15 is 0 Å². The summed E-state index contributed by atoms with van der Waals surface area (Å²) in [5.74, 6) is -1.73. The highest BCUT2D eigenvalue weighted by molar-refractivity contribution is 7.10. The van der Waals surface area contributed by atoms with E-state index in [0.29, 0.717) is 0 Å². The van der Waals surface area contributed by atoms with Crippen LogP contribution >= 0.6 is 11.3 Å². The van der Waals surface area contributed by atoms with Gasteiger partial charge in [-0.3, -0.25) is 10.1 Å². The van der Waals surface area contributed by atoms with Gasteiger partial charge in [-0.05, 0) is 12.1 Å². The van der Waals surface area contributed by atoms with Crippen molar-refractivity contribution in [2.24, 2.45) is 0 Å². The molecule has 1 aromatic carbocycles. The van der Waals surface area contributed by atoms with E-state index in [9.17, 15) is 19.3 Å². The number of hydrogen-bond donors (Lipinski definition) is 2. The van der Waals surface area contributed by atoms with Gasteiger partial charge in [0.05, 0.1) is 16.6 Å². The number of nitro groups is 1. The molecule has 20 heavy (non-hydrogen) atoms. The molecular weight excluding hydrogens is 287 g/mol. The predicted molar refractivity (Wildman–Crippen MR) is 71.7 cm³/mol. The number of nitrogens with one attached hydrogen (secondary N) is 1. The van der Waals surface area contributed by atoms with Crippen LogP contribution in [0.2, 0.25) is 0 Å². The van der Waals surface area contributed by atoms with Crippen molar-refractivity contribution >= 4 is 28.7 Å². The number of benzene rings is 1. The molecule has 104 valence electrons. The van der Waals surface area contributed by atoms with Crippen LogP contribution in [0.1, 0.15) is 15.2 Å². The molecule has 0 fully saturated rings. The maximum Gasteiger partial charge on any atom is 0.336 e. The molecule has 0 aliphatic heterocycles. The Kier molecular flexibility index (Phi) is 3.94. The van der Waals surface area contributed by atoms with Crippen LogP contribution in [0.5, 0.6) is 0 Å². The van der Waals surface area contributed by atoms with Gasteiger partial charge in [0.15, 0.2) is 0 Å². The Morgan fingerprint density at radius 3 is 2.75 bits per heavy atom. The quantitative estimate of drug-likeness (QED) is 0.653. The SMILES string of the molecule is O=C(O)c1csc(CNc2cc(F)cc([N+](=O)[O-])c2)c1. The number of hydrogen-bond acceptors (Lipinski definition) is 5. The van der Waals surface area contributed by atoms with E-state index in [4.69, 9.17) is 5.11 Å². The lowest BCUT2D eigenvalue weighted by atomic mass is 10.2. The van der Waals surface area contributed by atoms with E-state index in [2.05, 4.69) is 5.32 Å². The average Bonchev–Trinajstić information content (AvgIpc) is 2.84. The molecule has 6 nitrogen and oxygen atoms in total. The number of halogens is 1. The molecule has 0 saturated heterocycles. The molecular formula is C12H9FN2O4S. The molecule has 0 unspecified atom stereocenters. The van der Waals surface area contributed by atoms with Gasteiger partial charge in [0.25, 0.3) is 5.69 Å². The molecule has 0 aliphatic rings. The zero-order valence-electron chi connectivity index (χ0n) is 10.00. The van der Waals surface area contributed by atoms with Gasteiger partial charge in [-0.15, -0.1) is 11.3 Å². The van der Waals surface area contributed by atoms with Gasteiger partial charge in [0.2, 0.25) is 0 Å². The first-order chi connectivity index (χ1) is 9.45. The van der Waals surface area contributed by atoms with Crippen LogP contribution in [0.15, 0.2) is 29.6 Å². The van der Waals surface area contributed by atoms with Crippen LogP contribution in [0.25, 0.3) is 0 Å². The van der Waals surface area contributed by atoms with Crippen LogP contribution in [-0.2, 0) is 6.54 Å². The van der Waals surface area contributed by atoms with Gasteiger partial charge >= 0.3 is 5.97 Å². The van der Waals surface area contributed by atoms with Gasteiger partial charge in [0.1, 0.15) is 5.82 Å². The third-order valence-corrected chi connectivity index (χ3v) is 3.40. The van der Waals surface area contributed by atoms with Crippen LogP contribution < -0.4 is 5.32 Å². The number of carboxylic acid groups (broad SMARTS) is 1. The molecule has 0 saturated carbocycles. The molecule has 8 heteroatoms. The molecule has 1 heterocycles. The number of carbonyl (C=O) groups is 1. The number of anilines is 1. The fourth-order valence-electron chi connectivity index (χ4n) is 1.56. The van der Waals surface area contributed by atoms with Crippen LogP contribution in [-0.4, -0.2) is 16.0 Å². The molecule has 0 bridgehead atoms. The summed E-state index contributed by atoms with van der Waals surface area (Å²) in [6.45, 7) is 0.262. The first-order valence-electron chi connectivity index (χ1n) is 5.45. The van der Waals surface area contributed by atoms with Gasteiger partial charge in [-0.2, -0.15) is 0 Å². The largest absolute Gasteiger partial charge is 0.478 e. The minimum absolute atomic E-state index is 0.178. The van der Waals surface area contributed by atoms with E-state index in [1.807, 2.05) is 0 Å². The minimum atomic E-state index is -1.02. The lowest BCUT2D eigenvalue weighted by Crippen LogP contribution is -2.00. The number of carboxylic acids is 1. The second-order valence-corrected chi connectivity index (χ2v) is 4.91. The van der Waals surface area contributed by atoms with Crippen molar-refractivity contribution in [3.8, 4) is 0 Å². The number of non-ortho nitro benzene ring substituents is 1. The maximum absolute atomic E-state index is 13.2. The van der Waals surface area contributed by atoms with Gasteiger partial charge in [-0.1, -0.05) is 0 Å². The normalized spacial score (nSPS) is 10.2. The Morgan fingerprint density at radius 1 is 1.40 bits per heavy atom. The average molecular weight is 296 g/mol. The van der Waals surface area contributed by atoms with Crippen molar-refractivity contribution in [3.63, 3.8) is 0 Å². The summed E-state index contributed by atoms with van der Waals surface area (Å²) in [5.41, 5.74) is 0.101. The zero-order valence-corrected chi connectivity index (χ0v) is 10.8. The zero-order chi connectivity index (χ0) is 14.7. The number of rotatable bonds is 5. The molecule has 1 aromatic heterocycles. The summed E-state index contributed by atoms with van der Waals surface area (Å²) in [5, 5.41) is 23.7. The lowest BCUT2D eigenvalue weighted by Gasteiger charge is -2.04. The summed E-state index contributed by atoms with van der Waals surface area (Å²) in [4.78, 5) is 21.4.